The fourth-order valence-electron chi connectivity index (χ4n) is 1.16. The summed E-state index contributed by atoms with van der Waals surface area (Å²) in [6.45, 7) is 0. The fourth-order valence-corrected chi connectivity index (χ4v) is 1.39. The number of rotatable bonds is 3. The summed E-state index contributed by atoms with van der Waals surface area (Å²) in [5, 5.41) is 2.79. The van der Waals surface area contributed by atoms with Gasteiger partial charge in [-0.25, -0.2) is 4.79 Å². The summed E-state index contributed by atoms with van der Waals surface area (Å²) < 4.78 is 10.1. The molecule has 0 bridgehead atoms. The highest BCUT2D eigenvalue weighted by molar-refractivity contribution is 6.32. The van der Waals surface area contributed by atoms with E-state index in [0.717, 1.165) is 0 Å². The van der Waals surface area contributed by atoms with E-state index in [-0.39, 0.29) is 0 Å². The third kappa shape index (κ3) is 2.44. The molecule has 0 heterocycles. The Labute approximate surface area is 92.1 Å². The van der Waals surface area contributed by atoms with E-state index in [0.29, 0.717) is 22.2 Å². The summed E-state index contributed by atoms with van der Waals surface area (Å²) in [7, 11) is 2.90. The lowest BCUT2D eigenvalue weighted by Crippen LogP contribution is -2.19. The number of halogens is 1. The van der Waals surface area contributed by atoms with Gasteiger partial charge in [0.1, 0.15) is 0 Å². The van der Waals surface area contributed by atoms with Gasteiger partial charge in [-0.1, -0.05) is 11.6 Å². The Hall–Kier alpha value is -1.62. The van der Waals surface area contributed by atoms with Crippen molar-refractivity contribution in [3.8, 4) is 11.5 Å². The quantitative estimate of drug-likeness (QED) is 0.832. The van der Waals surface area contributed by atoms with E-state index < -0.39 is 6.03 Å². The van der Waals surface area contributed by atoms with E-state index in [2.05, 4.69) is 5.32 Å². The normalized spacial score (nSPS) is 9.53. The van der Waals surface area contributed by atoms with Gasteiger partial charge >= 0.3 is 6.03 Å². The number of benzene rings is 1. The minimum atomic E-state index is -0.683. The Morgan fingerprint density at radius 2 is 1.93 bits per heavy atom. The summed E-state index contributed by atoms with van der Waals surface area (Å²) in [6, 6.07) is 2.47. The zero-order valence-corrected chi connectivity index (χ0v) is 9.09. The molecule has 0 saturated heterocycles. The average Bonchev–Trinajstić information content (AvgIpc) is 2.19. The molecule has 0 spiro atoms. The van der Waals surface area contributed by atoms with E-state index in [4.69, 9.17) is 26.8 Å². The molecule has 1 aromatic rings. The van der Waals surface area contributed by atoms with Crippen molar-refractivity contribution in [2.75, 3.05) is 19.5 Å². The number of nitrogens with one attached hydrogen (secondary N) is 1. The predicted octanol–water partition coefficient (Wildman–Crippen LogP) is 1.85. The monoisotopic (exact) mass is 230 g/mol. The predicted molar refractivity (Wildman–Crippen MR) is 57.8 cm³/mol. The highest BCUT2D eigenvalue weighted by atomic mass is 35.5. The van der Waals surface area contributed by atoms with Gasteiger partial charge in [-0.3, -0.25) is 0 Å². The van der Waals surface area contributed by atoms with Crippen LogP contribution in [0, 0.1) is 0 Å². The second kappa shape index (κ2) is 4.75. The van der Waals surface area contributed by atoms with E-state index in [9.17, 15) is 4.79 Å². The molecule has 1 rings (SSSR count). The van der Waals surface area contributed by atoms with Crippen molar-refractivity contribution in [2.45, 2.75) is 0 Å². The molecule has 2 amide bonds. The molecule has 1 aromatic carbocycles. The first-order chi connectivity index (χ1) is 7.10. The maximum atomic E-state index is 10.7. The van der Waals surface area contributed by atoms with Crippen LogP contribution in [0.4, 0.5) is 10.5 Å². The van der Waals surface area contributed by atoms with Crippen molar-refractivity contribution < 1.29 is 14.3 Å². The number of amides is 2. The fraction of sp³-hybridized carbons (Fsp3) is 0.222. The summed E-state index contributed by atoms with van der Waals surface area (Å²) in [6.07, 6.45) is 0. The number of nitrogens with two attached hydrogens (primary N) is 1. The van der Waals surface area contributed by atoms with Crippen molar-refractivity contribution in [3.05, 3.63) is 17.2 Å². The molecule has 6 heteroatoms. The van der Waals surface area contributed by atoms with Gasteiger partial charge in [0.2, 0.25) is 0 Å². The van der Waals surface area contributed by atoms with Crippen LogP contribution in [0.1, 0.15) is 0 Å². The molecule has 0 radical (unpaired) electrons. The smallest absolute Gasteiger partial charge is 0.316 e. The van der Waals surface area contributed by atoms with Gasteiger partial charge in [-0.2, -0.15) is 0 Å². The zero-order chi connectivity index (χ0) is 11.4. The molecule has 15 heavy (non-hydrogen) atoms. The summed E-state index contributed by atoms with van der Waals surface area (Å²) in [5.74, 6) is 0.689. The Morgan fingerprint density at radius 1 is 1.33 bits per heavy atom. The van der Waals surface area contributed by atoms with E-state index >= 15 is 0 Å². The standard InChI is InChI=1S/C9H11ClN2O3/c1-14-7-5(10)3-4-6(8(7)15-2)12-9(11)13/h3-4H,1-2H3,(H3,11,12,13). The Kier molecular flexibility index (Phi) is 3.62. The first kappa shape index (κ1) is 11.5. The second-order valence-corrected chi connectivity index (χ2v) is 3.06. The molecule has 0 fully saturated rings. The Bertz CT molecular complexity index is 382. The molecule has 0 unspecified atom stereocenters. The van der Waals surface area contributed by atoms with Crippen molar-refractivity contribution in [1.29, 1.82) is 0 Å². The number of carbonyl (C=O) groups is 1. The van der Waals surface area contributed by atoms with Crippen molar-refractivity contribution >= 4 is 23.3 Å². The second-order valence-electron chi connectivity index (χ2n) is 2.65. The van der Waals surface area contributed by atoms with Gasteiger partial charge in [0, 0.05) is 0 Å². The molecule has 0 aliphatic carbocycles. The summed E-state index contributed by atoms with van der Waals surface area (Å²) in [5.41, 5.74) is 5.41. The third-order valence-electron chi connectivity index (χ3n) is 1.73. The number of anilines is 1. The van der Waals surface area contributed by atoms with Crippen LogP contribution in [0.25, 0.3) is 0 Å². The average molecular weight is 231 g/mol. The number of hydrogen-bond donors (Lipinski definition) is 2. The molecule has 5 nitrogen and oxygen atoms in total. The van der Waals surface area contributed by atoms with E-state index in [1.165, 1.54) is 14.2 Å². The van der Waals surface area contributed by atoms with Crippen LogP contribution < -0.4 is 20.5 Å². The van der Waals surface area contributed by atoms with Gasteiger partial charge < -0.3 is 20.5 Å². The number of urea groups is 1. The Morgan fingerprint density at radius 3 is 2.40 bits per heavy atom. The molecule has 82 valence electrons. The molecule has 0 aliphatic heterocycles. The molecule has 0 aliphatic rings. The maximum Gasteiger partial charge on any atom is 0.316 e. The lowest BCUT2D eigenvalue weighted by Gasteiger charge is -2.13. The van der Waals surface area contributed by atoms with Gasteiger partial charge in [-0.15, -0.1) is 0 Å². The van der Waals surface area contributed by atoms with Gasteiger partial charge in [-0.05, 0) is 12.1 Å². The first-order valence-corrected chi connectivity index (χ1v) is 4.45. The number of carbonyl (C=O) groups excluding carboxylic acids is 1. The molecule has 0 saturated carbocycles. The SMILES string of the molecule is COc1c(Cl)ccc(NC(N)=O)c1OC. The van der Waals surface area contributed by atoms with Crippen LogP contribution in [0.2, 0.25) is 5.02 Å². The number of hydrogen-bond acceptors (Lipinski definition) is 3. The molecule has 0 aromatic heterocycles. The van der Waals surface area contributed by atoms with Crippen molar-refractivity contribution in [3.63, 3.8) is 0 Å². The van der Waals surface area contributed by atoms with E-state index in [1.807, 2.05) is 0 Å². The molecular weight excluding hydrogens is 220 g/mol. The van der Waals surface area contributed by atoms with Gasteiger partial charge in [0.05, 0.1) is 24.9 Å². The maximum absolute atomic E-state index is 10.7. The number of primary amides is 1. The number of ether oxygens (including phenoxy) is 2. The van der Waals surface area contributed by atoms with Crippen molar-refractivity contribution in [1.82, 2.24) is 0 Å². The van der Waals surface area contributed by atoms with E-state index in [1.54, 1.807) is 12.1 Å². The summed E-state index contributed by atoms with van der Waals surface area (Å²) >= 11 is 5.87. The van der Waals surface area contributed by atoms with Gasteiger partial charge in [0.15, 0.2) is 11.5 Å². The topological polar surface area (TPSA) is 73.6 Å². The minimum Gasteiger partial charge on any atom is -0.491 e. The lowest BCUT2D eigenvalue weighted by atomic mass is 10.2. The van der Waals surface area contributed by atoms with Crippen molar-refractivity contribution in [2.24, 2.45) is 5.73 Å². The van der Waals surface area contributed by atoms with Crippen LogP contribution in [0.15, 0.2) is 12.1 Å². The highest BCUT2D eigenvalue weighted by Gasteiger charge is 2.14. The van der Waals surface area contributed by atoms with Crippen LogP contribution in [0.3, 0.4) is 0 Å². The third-order valence-corrected chi connectivity index (χ3v) is 2.03. The lowest BCUT2D eigenvalue weighted by molar-refractivity contribution is 0.259. The molecule has 0 atom stereocenters. The number of methoxy groups -OCH3 is 2. The molecular formula is C9H11ClN2O3. The summed E-state index contributed by atoms with van der Waals surface area (Å²) in [4.78, 5) is 10.7. The van der Waals surface area contributed by atoms with Crippen LogP contribution in [-0.2, 0) is 0 Å². The van der Waals surface area contributed by atoms with Gasteiger partial charge in [0.25, 0.3) is 0 Å². The Balaban J connectivity index is 3.22. The zero-order valence-electron chi connectivity index (χ0n) is 8.33. The molecule has 3 N–H and O–H groups in total. The first-order valence-electron chi connectivity index (χ1n) is 4.07. The van der Waals surface area contributed by atoms with Crippen LogP contribution in [-0.4, -0.2) is 20.3 Å². The van der Waals surface area contributed by atoms with Crippen LogP contribution >= 0.6 is 11.6 Å². The highest BCUT2D eigenvalue weighted by Crippen LogP contribution is 2.40. The minimum absolute atomic E-state index is 0.337. The van der Waals surface area contributed by atoms with Crippen LogP contribution in [0.5, 0.6) is 11.5 Å². The largest absolute Gasteiger partial charge is 0.491 e.